The Bertz CT molecular complexity index is 754. The average Bonchev–Trinajstić information content (AvgIpc) is 3.33. The van der Waals surface area contributed by atoms with Gasteiger partial charge in [0.15, 0.2) is 0 Å². The maximum absolute atomic E-state index is 12.3. The minimum Gasteiger partial charge on any atom is -0.493 e. The molecule has 0 bridgehead atoms. The molecule has 1 amide bonds. The third-order valence-electron chi connectivity index (χ3n) is 7.97. The summed E-state index contributed by atoms with van der Waals surface area (Å²) in [5, 5.41) is 3.21. The SMILES string of the molecule is COCC(CC(=O)NC1CCC(CCN2CCC(c3cccc4c3CCO4)CC2)CC1)OC. The summed E-state index contributed by atoms with van der Waals surface area (Å²) in [5.74, 6) is 2.69. The first-order valence-electron chi connectivity index (χ1n) is 12.9. The maximum Gasteiger partial charge on any atom is 0.222 e. The van der Waals surface area contributed by atoms with E-state index < -0.39 is 0 Å². The Balaban J connectivity index is 1.12. The number of fused-ring (bicyclic) bond motifs is 1. The van der Waals surface area contributed by atoms with Crippen LogP contribution in [0, 0.1) is 5.92 Å². The van der Waals surface area contributed by atoms with Gasteiger partial charge in [0.25, 0.3) is 0 Å². The van der Waals surface area contributed by atoms with Crippen LogP contribution in [-0.2, 0) is 20.7 Å². The number of likely N-dealkylation sites (tertiary alicyclic amines) is 1. The molecule has 1 aromatic rings. The Morgan fingerprint density at radius 2 is 1.94 bits per heavy atom. The Morgan fingerprint density at radius 3 is 2.67 bits per heavy atom. The van der Waals surface area contributed by atoms with Crippen molar-refractivity contribution in [3.63, 3.8) is 0 Å². The molecule has 6 nitrogen and oxygen atoms in total. The zero-order valence-electron chi connectivity index (χ0n) is 20.5. The number of nitrogens with one attached hydrogen (secondary N) is 1. The summed E-state index contributed by atoms with van der Waals surface area (Å²) in [6.45, 7) is 4.94. The minimum atomic E-state index is -0.161. The average molecular weight is 459 g/mol. The van der Waals surface area contributed by atoms with E-state index in [2.05, 4.69) is 28.4 Å². The fraction of sp³-hybridized carbons (Fsp3) is 0.741. The number of rotatable bonds is 10. The molecule has 1 unspecified atom stereocenters. The molecule has 0 spiro atoms. The molecule has 1 atom stereocenters. The van der Waals surface area contributed by atoms with Crippen molar-refractivity contribution in [2.24, 2.45) is 5.92 Å². The van der Waals surface area contributed by atoms with Gasteiger partial charge in [0, 0.05) is 32.2 Å². The Labute approximate surface area is 199 Å². The van der Waals surface area contributed by atoms with E-state index in [1.807, 2.05) is 0 Å². The molecule has 1 N–H and O–H groups in total. The summed E-state index contributed by atoms with van der Waals surface area (Å²) < 4.78 is 16.2. The lowest BCUT2D eigenvalue weighted by atomic mass is 9.83. The molecule has 6 heteroatoms. The molecule has 2 aliphatic heterocycles. The number of hydrogen-bond acceptors (Lipinski definition) is 5. The van der Waals surface area contributed by atoms with Crippen LogP contribution in [0.2, 0.25) is 0 Å². The first-order chi connectivity index (χ1) is 16.2. The summed E-state index contributed by atoms with van der Waals surface area (Å²) in [6.07, 6.45) is 9.76. The topological polar surface area (TPSA) is 60.0 Å². The van der Waals surface area contributed by atoms with Crippen LogP contribution in [0.3, 0.4) is 0 Å². The molecule has 184 valence electrons. The number of piperidine rings is 1. The third kappa shape index (κ3) is 6.71. The van der Waals surface area contributed by atoms with Crippen molar-refractivity contribution in [2.75, 3.05) is 47.1 Å². The largest absolute Gasteiger partial charge is 0.493 e. The van der Waals surface area contributed by atoms with E-state index in [0.717, 1.165) is 37.5 Å². The molecular formula is C27H42N2O4. The van der Waals surface area contributed by atoms with Crippen molar-refractivity contribution >= 4 is 5.91 Å². The van der Waals surface area contributed by atoms with Crippen LogP contribution in [0.4, 0.5) is 0 Å². The van der Waals surface area contributed by atoms with Gasteiger partial charge < -0.3 is 24.4 Å². The lowest BCUT2D eigenvalue weighted by Gasteiger charge is -2.35. The highest BCUT2D eigenvalue weighted by atomic mass is 16.5. The summed E-state index contributed by atoms with van der Waals surface area (Å²) in [4.78, 5) is 15.0. The van der Waals surface area contributed by atoms with E-state index in [1.54, 1.807) is 19.8 Å². The van der Waals surface area contributed by atoms with Gasteiger partial charge in [0.1, 0.15) is 5.75 Å². The van der Waals surface area contributed by atoms with Crippen LogP contribution < -0.4 is 10.1 Å². The van der Waals surface area contributed by atoms with E-state index in [1.165, 1.54) is 57.3 Å². The van der Waals surface area contributed by atoms with Gasteiger partial charge in [-0.05, 0) is 88.0 Å². The lowest BCUT2D eigenvalue weighted by Crippen LogP contribution is -2.40. The van der Waals surface area contributed by atoms with Crippen LogP contribution >= 0.6 is 0 Å². The maximum atomic E-state index is 12.3. The predicted molar refractivity (Wildman–Crippen MR) is 130 cm³/mol. The number of methoxy groups -OCH3 is 2. The molecule has 1 saturated heterocycles. The van der Waals surface area contributed by atoms with Crippen LogP contribution in [0.1, 0.15) is 68.4 Å². The molecular weight excluding hydrogens is 416 g/mol. The Hall–Kier alpha value is -1.63. The molecule has 33 heavy (non-hydrogen) atoms. The number of hydrogen-bond donors (Lipinski definition) is 1. The van der Waals surface area contributed by atoms with Gasteiger partial charge in [-0.1, -0.05) is 12.1 Å². The summed E-state index contributed by atoms with van der Waals surface area (Å²) in [6, 6.07) is 6.94. The van der Waals surface area contributed by atoms with E-state index in [9.17, 15) is 4.79 Å². The first-order valence-corrected chi connectivity index (χ1v) is 12.9. The molecule has 0 aromatic heterocycles. The molecule has 1 saturated carbocycles. The quantitative estimate of drug-likeness (QED) is 0.576. The van der Waals surface area contributed by atoms with Crippen LogP contribution in [0.15, 0.2) is 18.2 Å². The predicted octanol–water partition coefficient (Wildman–Crippen LogP) is 3.92. The van der Waals surface area contributed by atoms with E-state index in [4.69, 9.17) is 14.2 Å². The molecule has 1 aromatic carbocycles. The number of nitrogens with zero attached hydrogens (tertiary/aromatic N) is 1. The highest BCUT2D eigenvalue weighted by Gasteiger charge is 2.27. The number of ether oxygens (including phenoxy) is 3. The molecule has 0 radical (unpaired) electrons. The van der Waals surface area contributed by atoms with Crippen molar-refractivity contribution in [1.29, 1.82) is 0 Å². The monoisotopic (exact) mass is 458 g/mol. The normalized spacial score (nSPS) is 24.8. The summed E-state index contributed by atoms with van der Waals surface area (Å²) >= 11 is 0. The highest BCUT2D eigenvalue weighted by molar-refractivity contribution is 5.76. The fourth-order valence-electron chi connectivity index (χ4n) is 5.95. The van der Waals surface area contributed by atoms with Crippen molar-refractivity contribution in [3.05, 3.63) is 29.3 Å². The molecule has 4 rings (SSSR count). The molecule has 2 fully saturated rings. The van der Waals surface area contributed by atoms with Crippen molar-refractivity contribution in [1.82, 2.24) is 10.2 Å². The molecule has 3 aliphatic rings. The number of amides is 1. The number of carbonyl (C=O) groups is 1. The van der Waals surface area contributed by atoms with Crippen molar-refractivity contribution in [2.45, 2.75) is 75.9 Å². The van der Waals surface area contributed by atoms with E-state index in [-0.39, 0.29) is 12.0 Å². The highest BCUT2D eigenvalue weighted by Crippen LogP contribution is 2.37. The smallest absolute Gasteiger partial charge is 0.222 e. The van der Waals surface area contributed by atoms with E-state index in [0.29, 0.717) is 25.0 Å². The van der Waals surface area contributed by atoms with Gasteiger partial charge >= 0.3 is 0 Å². The lowest BCUT2D eigenvalue weighted by molar-refractivity contribution is -0.125. The summed E-state index contributed by atoms with van der Waals surface area (Å²) in [7, 11) is 3.27. The number of carbonyl (C=O) groups excluding carboxylic acids is 1. The van der Waals surface area contributed by atoms with Gasteiger partial charge in [-0.25, -0.2) is 0 Å². The van der Waals surface area contributed by atoms with Crippen LogP contribution in [-0.4, -0.2) is 70.0 Å². The number of benzene rings is 1. The van der Waals surface area contributed by atoms with Crippen LogP contribution in [0.25, 0.3) is 0 Å². The zero-order chi connectivity index (χ0) is 23.0. The van der Waals surface area contributed by atoms with Gasteiger partial charge in [0.2, 0.25) is 5.91 Å². The minimum absolute atomic E-state index is 0.0841. The third-order valence-corrected chi connectivity index (χ3v) is 7.97. The van der Waals surface area contributed by atoms with Crippen molar-refractivity contribution in [3.8, 4) is 5.75 Å². The van der Waals surface area contributed by atoms with Gasteiger partial charge in [0.05, 0.1) is 25.7 Å². The Kier molecular flexibility index (Phi) is 9.04. The van der Waals surface area contributed by atoms with Gasteiger partial charge in [-0.3, -0.25) is 4.79 Å². The van der Waals surface area contributed by atoms with Crippen molar-refractivity contribution < 1.29 is 19.0 Å². The molecule has 2 heterocycles. The van der Waals surface area contributed by atoms with Gasteiger partial charge in [-0.2, -0.15) is 0 Å². The van der Waals surface area contributed by atoms with E-state index >= 15 is 0 Å². The first kappa shape index (κ1) is 24.5. The standard InChI is InChI=1S/C27H42N2O4/c1-31-19-23(32-2)18-27(30)28-22-8-6-20(7-9-22)10-14-29-15-11-21(12-16-29)24-4-3-5-26-25(24)13-17-33-26/h3-5,20-23H,6-19H2,1-2H3,(H,28,30). The van der Waals surface area contributed by atoms with Gasteiger partial charge in [-0.15, -0.1) is 0 Å². The Morgan fingerprint density at radius 1 is 1.15 bits per heavy atom. The fourth-order valence-corrected chi connectivity index (χ4v) is 5.95. The van der Waals surface area contributed by atoms with Crippen LogP contribution in [0.5, 0.6) is 5.75 Å². The second-order valence-electron chi connectivity index (χ2n) is 10.1. The molecule has 1 aliphatic carbocycles. The second kappa shape index (κ2) is 12.2. The zero-order valence-corrected chi connectivity index (χ0v) is 20.5. The second-order valence-corrected chi connectivity index (χ2v) is 10.1. The summed E-state index contributed by atoms with van der Waals surface area (Å²) in [5.41, 5.74) is 3.01.